The highest BCUT2D eigenvalue weighted by Crippen LogP contribution is 2.24. The number of hydrogen-bond donors (Lipinski definition) is 1. The van der Waals surface area contributed by atoms with Gasteiger partial charge in [0.05, 0.1) is 6.61 Å². The smallest absolute Gasteiger partial charge is 0.134 e. The SMILES string of the molecule is CCCOc1ccc2oc(CO)cc2c1. The van der Waals surface area contributed by atoms with E-state index in [2.05, 4.69) is 6.92 Å². The summed E-state index contributed by atoms with van der Waals surface area (Å²) in [6.45, 7) is 2.72. The van der Waals surface area contributed by atoms with Crippen molar-refractivity contribution in [2.45, 2.75) is 20.0 Å². The number of fused-ring (bicyclic) bond motifs is 1. The first kappa shape index (κ1) is 10.1. The summed E-state index contributed by atoms with van der Waals surface area (Å²) in [7, 11) is 0. The Morgan fingerprint density at radius 3 is 2.93 bits per heavy atom. The van der Waals surface area contributed by atoms with Crippen molar-refractivity contribution in [1.82, 2.24) is 0 Å². The molecule has 0 atom stereocenters. The lowest BCUT2D eigenvalue weighted by Crippen LogP contribution is -1.93. The molecule has 2 rings (SSSR count). The van der Waals surface area contributed by atoms with Gasteiger partial charge in [0, 0.05) is 5.39 Å². The van der Waals surface area contributed by atoms with Crippen molar-refractivity contribution < 1.29 is 14.3 Å². The van der Waals surface area contributed by atoms with E-state index in [1.807, 2.05) is 24.3 Å². The molecule has 0 aliphatic heterocycles. The second-order valence-electron chi connectivity index (χ2n) is 3.42. The highest BCUT2D eigenvalue weighted by Gasteiger charge is 2.03. The molecule has 3 nitrogen and oxygen atoms in total. The highest BCUT2D eigenvalue weighted by molar-refractivity contribution is 5.79. The minimum atomic E-state index is -0.0696. The summed E-state index contributed by atoms with van der Waals surface area (Å²) in [4.78, 5) is 0. The monoisotopic (exact) mass is 206 g/mol. The lowest BCUT2D eigenvalue weighted by molar-refractivity contribution is 0.251. The van der Waals surface area contributed by atoms with Gasteiger partial charge in [0.15, 0.2) is 0 Å². The quantitative estimate of drug-likeness (QED) is 0.836. The molecule has 1 aromatic carbocycles. The lowest BCUT2D eigenvalue weighted by atomic mass is 10.2. The summed E-state index contributed by atoms with van der Waals surface area (Å²) in [5.74, 6) is 1.42. The number of rotatable bonds is 4. The van der Waals surface area contributed by atoms with Crippen LogP contribution in [0.25, 0.3) is 11.0 Å². The third-order valence-electron chi connectivity index (χ3n) is 2.17. The van der Waals surface area contributed by atoms with Crippen molar-refractivity contribution in [3.8, 4) is 5.75 Å². The zero-order valence-corrected chi connectivity index (χ0v) is 8.69. The third-order valence-corrected chi connectivity index (χ3v) is 2.17. The van der Waals surface area contributed by atoms with Crippen LogP contribution in [0.2, 0.25) is 0 Å². The van der Waals surface area contributed by atoms with Gasteiger partial charge in [0.1, 0.15) is 23.7 Å². The van der Waals surface area contributed by atoms with Crippen molar-refractivity contribution >= 4 is 11.0 Å². The number of hydrogen-bond acceptors (Lipinski definition) is 3. The van der Waals surface area contributed by atoms with Gasteiger partial charge in [0.2, 0.25) is 0 Å². The zero-order chi connectivity index (χ0) is 10.7. The first-order valence-electron chi connectivity index (χ1n) is 5.09. The molecular weight excluding hydrogens is 192 g/mol. The second kappa shape index (κ2) is 4.36. The Labute approximate surface area is 88.3 Å². The summed E-state index contributed by atoms with van der Waals surface area (Å²) in [5, 5.41) is 9.89. The molecule has 0 aliphatic rings. The molecule has 0 unspecified atom stereocenters. The van der Waals surface area contributed by atoms with E-state index in [-0.39, 0.29) is 6.61 Å². The minimum Gasteiger partial charge on any atom is -0.494 e. The van der Waals surface area contributed by atoms with Gasteiger partial charge in [0.25, 0.3) is 0 Å². The van der Waals surface area contributed by atoms with Gasteiger partial charge in [-0.3, -0.25) is 0 Å². The summed E-state index contributed by atoms with van der Waals surface area (Å²) >= 11 is 0. The standard InChI is InChI=1S/C12H14O3/c1-2-5-14-10-3-4-12-9(6-10)7-11(8-13)15-12/h3-4,6-7,13H,2,5,8H2,1H3. The van der Waals surface area contributed by atoms with Crippen molar-refractivity contribution in [2.24, 2.45) is 0 Å². The summed E-state index contributed by atoms with van der Waals surface area (Å²) in [5.41, 5.74) is 0.780. The first-order chi connectivity index (χ1) is 7.33. The highest BCUT2D eigenvalue weighted by atomic mass is 16.5. The third kappa shape index (κ3) is 2.13. The fraction of sp³-hybridized carbons (Fsp3) is 0.333. The fourth-order valence-electron chi connectivity index (χ4n) is 1.46. The molecule has 2 aromatic rings. The van der Waals surface area contributed by atoms with Gasteiger partial charge in [-0.1, -0.05) is 6.92 Å². The largest absolute Gasteiger partial charge is 0.494 e. The number of benzene rings is 1. The van der Waals surface area contributed by atoms with E-state index < -0.39 is 0 Å². The van der Waals surface area contributed by atoms with Crippen LogP contribution < -0.4 is 4.74 Å². The van der Waals surface area contributed by atoms with Gasteiger partial charge in [-0.05, 0) is 30.7 Å². The molecule has 0 bridgehead atoms. The predicted molar refractivity (Wildman–Crippen MR) is 57.9 cm³/mol. The van der Waals surface area contributed by atoms with E-state index in [0.717, 1.165) is 29.7 Å². The summed E-state index contributed by atoms with van der Waals surface area (Å²) in [6, 6.07) is 7.49. The van der Waals surface area contributed by atoms with Gasteiger partial charge in [-0.25, -0.2) is 0 Å². The number of aliphatic hydroxyl groups excluding tert-OH is 1. The fourth-order valence-corrected chi connectivity index (χ4v) is 1.46. The van der Waals surface area contributed by atoms with Crippen LogP contribution >= 0.6 is 0 Å². The molecule has 80 valence electrons. The van der Waals surface area contributed by atoms with Gasteiger partial charge in [-0.15, -0.1) is 0 Å². The number of ether oxygens (including phenoxy) is 1. The van der Waals surface area contributed by atoms with E-state index >= 15 is 0 Å². The van der Waals surface area contributed by atoms with Crippen LogP contribution in [-0.2, 0) is 6.61 Å². The maximum absolute atomic E-state index is 8.92. The van der Waals surface area contributed by atoms with Crippen LogP contribution in [0.3, 0.4) is 0 Å². The molecule has 1 heterocycles. The minimum absolute atomic E-state index is 0.0696. The van der Waals surface area contributed by atoms with Crippen molar-refractivity contribution in [3.63, 3.8) is 0 Å². The number of furan rings is 1. The Hall–Kier alpha value is -1.48. The van der Waals surface area contributed by atoms with Crippen molar-refractivity contribution in [3.05, 3.63) is 30.0 Å². The maximum Gasteiger partial charge on any atom is 0.134 e. The van der Waals surface area contributed by atoms with E-state index in [9.17, 15) is 0 Å². The van der Waals surface area contributed by atoms with Crippen LogP contribution in [0.15, 0.2) is 28.7 Å². The molecule has 1 N–H and O–H groups in total. The van der Waals surface area contributed by atoms with Crippen LogP contribution in [0, 0.1) is 0 Å². The Bertz CT molecular complexity index is 445. The topological polar surface area (TPSA) is 42.6 Å². The molecule has 0 radical (unpaired) electrons. The molecule has 1 aromatic heterocycles. The molecule has 3 heteroatoms. The van der Waals surface area contributed by atoms with Crippen molar-refractivity contribution in [2.75, 3.05) is 6.61 Å². The van der Waals surface area contributed by atoms with Gasteiger partial charge in [-0.2, -0.15) is 0 Å². The molecule has 0 aliphatic carbocycles. The Kier molecular flexibility index (Phi) is 2.92. The molecule has 0 amide bonds. The first-order valence-corrected chi connectivity index (χ1v) is 5.09. The van der Waals surface area contributed by atoms with Crippen LogP contribution in [-0.4, -0.2) is 11.7 Å². The van der Waals surface area contributed by atoms with Crippen molar-refractivity contribution in [1.29, 1.82) is 0 Å². The Morgan fingerprint density at radius 1 is 1.33 bits per heavy atom. The average molecular weight is 206 g/mol. The van der Waals surface area contributed by atoms with Crippen LogP contribution in [0.4, 0.5) is 0 Å². The van der Waals surface area contributed by atoms with E-state index in [1.54, 1.807) is 0 Å². The zero-order valence-electron chi connectivity index (χ0n) is 8.69. The second-order valence-corrected chi connectivity index (χ2v) is 3.42. The van der Waals surface area contributed by atoms with Crippen LogP contribution in [0.1, 0.15) is 19.1 Å². The molecule has 0 saturated heterocycles. The summed E-state index contributed by atoms with van der Waals surface area (Å²) in [6.07, 6.45) is 0.991. The molecular formula is C12H14O3. The van der Waals surface area contributed by atoms with E-state index in [4.69, 9.17) is 14.3 Å². The molecule has 0 saturated carbocycles. The van der Waals surface area contributed by atoms with E-state index in [1.165, 1.54) is 0 Å². The predicted octanol–water partition coefficient (Wildman–Crippen LogP) is 2.71. The van der Waals surface area contributed by atoms with Gasteiger partial charge >= 0.3 is 0 Å². The summed E-state index contributed by atoms with van der Waals surface area (Å²) < 4.78 is 10.9. The molecule has 15 heavy (non-hydrogen) atoms. The Morgan fingerprint density at radius 2 is 2.20 bits per heavy atom. The van der Waals surface area contributed by atoms with E-state index in [0.29, 0.717) is 5.76 Å². The average Bonchev–Trinajstić information content (AvgIpc) is 2.68. The lowest BCUT2D eigenvalue weighted by Gasteiger charge is -2.02. The molecule has 0 fully saturated rings. The van der Waals surface area contributed by atoms with Crippen LogP contribution in [0.5, 0.6) is 5.75 Å². The van der Waals surface area contributed by atoms with Gasteiger partial charge < -0.3 is 14.3 Å². The maximum atomic E-state index is 8.92. The normalized spacial score (nSPS) is 10.8. The number of aliphatic hydroxyl groups is 1. The molecule has 0 spiro atoms. The Balaban J connectivity index is 2.29.